The van der Waals surface area contributed by atoms with Gasteiger partial charge < -0.3 is 35.4 Å². The van der Waals surface area contributed by atoms with Crippen molar-refractivity contribution in [3.05, 3.63) is 91.4 Å². The molecular weight excluding hydrogens is 833 g/mol. The van der Waals surface area contributed by atoms with E-state index < -0.39 is 45.3 Å². The number of hydrogen-bond acceptors (Lipinski definition) is 15. The van der Waals surface area contributed by atoms with E-state index in [9.17, 15) is 32.0 Å². The van der Waals surface area contributed by atoms with E-state index in [-0.39, 0.29) is 40.0 Å². The highest BCUT2D eigenvalue weighted by molar-refractivity contribution is 7.86. The maximum absolute atomic E-state index is 13.5. The number of carbonyl (C=O) groups excluding carboxylic acids is 2. The molecule has 59 heavy (non-hydrogen) atoms. The molecule has 2 aromatic carbocycles. The number of halogens is 2. The van der Waals surface area contributed by atoms with E-state index in [0.717, 1.165) is 27.0 Å². The third kappa shape index (κ3) is 8.60. The van der Waals surface area contributed by atoms with Crippen LogP contribution in [0.5, 0.6) is 11.5 Å². The second-order valence-corrected chi connectivity index (χ2v) is 16.8. The number of benzene rings is 2. The summed E-state index contributed by atoms with van der Waals surface area (Å²) < 4.78 is 53.9. The average Bonchev–Trinajstić information content (AvgIpc) is 4.03. The van der Waals surface area contributed by atoms with Gasteiger partial charge in [0.2, 0.25) is 0 Å². The molecule has 2 aliphatic heterocycles. The first kappa shape index (κ1) is 42.6. The van der Waals surface area contributed by atoms with E-state index in [1.54, 1.807) is 66.4 Å². The van der Waals surface area contributed by atoms with Gasteiger partial charge in [0.15, 0.2) is 11.4 Å². The first-order chi connectivity index (χ1) is 27.7. The Morgan fingerprint density at radius 1 is 0.746 bits per heavy atom. The summed E-state index contributed by atoms with van der Waals surface area (Å²) in [7, 11) is -0.554. The molecule has 6 heterocycles. The molecule has 0 aliphatic carbocycles. The Morgan fingerprint density at radius 3 is 1.56 bits per heavy atom. The molecule has 0 bridgehead atoms. The number of amides is 2. The van der Waals surface area contributed by atoms with Crippen LogP contribution in [0, 0.1) is 0 Å². The van der Waals surface area contributed by atoms with Crippen molar-refractivity contribution in [2.24, 2.45) is 0 Å². The Bertz CT molecular complexity index is 2770. The normalized spacial score (nSPS) is 16.5. The standard InChI is InChI=1S/C19H20N4O6S2.C18H17FN4O3S.FH/c1-28-12-5-3-11(4-6-12)23-18(24)15-14(10-30-17(15)20)16(21-23)19(25)22-8-7-13(9-22)29-31(2,26)27;1-26-12-4-2-11(3-5-12)23-17(24)14-13(9-27-16(14)20)15(21-23)18(25)22-7-6-10(19)8-22;/h3-6,10,13H,7-9,20H2,1-2H3;2-5,9-10H,6-8,20H2,1H3;1H/p-1/t13-;10-;/m01./s1/i;19-1;1-1. The summed E-state index contributed by atoms with van der Waals surface area (Å²) >= 11 is 2.33. The number of hydrogen-bond donors (Lipinski definition) is 2. The summed E-state index contributed by atoms with van der Waals surface area (Å²) in [6.45, 7) is 0.771. The van der Waals surface area contributed by atoms with Gasteiger partial charge in [0, 0.05) is 41.2 Å². The number of nitrogen functional groups attached to an aromatic ring is 2. The van der Waals surface area contributed by atoms with Crippen molar-refractivity contribution in [1.82, 2.24) is 29.4 Å². The van der Waals surface area contributed by atoms with Crippen LogP contribution in [0.15, 0.2) is 68.9 Å². The van der Waals surface area contributed by atoms with Crippen LogP contribution in [-0.4, -0.2) is 109 Å². The average molecular weight is 870 g/mol. The number of fused-ring (bicyclic) bond motifs is 2. The lowest BCUT2D eigenvalue weighted by molar-refractivity contribution is -0.0000347. The molecule has 0 saturated carbocycles. The van der Waals surface area contributed by atoms with E-state index in [1.807, 2.05) is 0 Å². The second-order valence-electron chi connectivity index (χ2n) is 13.4. The van der Waals surface area contributed by atoms with Crippen LogP contribution in [0.3, 0.4) is 0 Å². The van der Waals surface area contributed by atoms with Crippen molar-refractivity contribution < 1.29 is 40.8 Å². The predicted molar refractivity (Wildman–Crippen MR) is 218 cm³/mol. The number of anilines is 2. The third-order valence-corrected chi connectivity index (χ3v) is 11.8. The molecule has 4 aromatic heterocycles. The van der Waals surface area contributed by atoms with Gasteiger partial charge in [-0.1, -0.05) is 0 Å². The van der Waals surface area contributed by atoms with Crippen molar-refractivity contribution in [3.63, 3.8) is 0 Å². The van der Waals surface area contributed by atoms with Crippen LogP contribution in [0.4, 0.5) is 14.4 Å². The topological polar surface area (TPSA) is 224 Å². The third-order valence-electron chi connectivity index (χ3n) is 9.56. The molecular formula is C37H37F2N8O9S3-. The smallest absolute Gasteiger partial charge is 0.282 e. The highest BCUT2D eigenvalue weighted by Crippen LogP contribution is 2.31. The summed E-state index contributed by atoms with van der Waals surface area (Å²) in [4.78, 5) is 55.1. The molecule has 2 amide bonds. The van der Waals surface area contributed by atoms with Crippen LogP contribution in [0.1, 0.15) is 33.8 Å². The Balaban J connectivity index is 0.000000197. The van der Waals surface area contributed by atoms with Gasteiger partial charge in [0.1, 0.15) is 17.7 Å². The van der Waals surface area contributed by atoms with Gasteiger partial charge in [-0.15, -0.1) is 22.7 Å². The van der Waals surface area contributed by atoms with Gasteiger partial charge in [0.05, 0.1) is 65.3 Å². The molecule has 0 radical (unpaired) electrons. The molecule has 2 fully saturated rings. The minimum Gasteiger partial charge on any atom is -1.00 e. The first-order valence-electron chi connectivity index (χ1n) is 17.7. The van der Waals surface area contributed by atoms with Crippen LogP contribution in [0.25, 0.3) is 32.9 Å². The number of thiophene rings is 2. The fourth-order valence-electron chi connectivity index (χ4n) is 6.70. The molecule has 2 saturated heterocycles. The quantitative estimate of drug-likeness (QED) is 0.199. The maximum Gasteiger partial charge on any atom is 0.282 e. The molecule has 4 N–H and O–H groups in total. The summed E-state index contributed by atoms with van der Waals surface area (Å²) in [6, 6.07) is 13.4. The lowest BCUT2D eigenvalue weighted by atomic mass is 10.2. The van der Waals surface area contributed by atoms with Gasteiger partial charge in [-0.25, -0.2) is 4.39 Å². The molecule has 22 heteroatoms. The number of aromatic nitrogens is 4. The molecule has 6 aromatic rings. The van der Waals surface area contributed by atoms with Gasteiger partial charge in [-0.05, 0) is 61.4 Å². The monoisotopic (exact) mass is 869 g/mol. The molecule has 2 aliphatic rings. The van der Waals surface area contributed by atoms with E-state index in [0.29, 0.717) is 69.6 Å². The Morgan fingerprint density at radius 2 is 1.17 bits per heavy atom. The molecule has 0 spiro atoms. The molecule has 2 atom stereocenters. The number of nitrogens with zero attached hydrogens (tertiary/aromatic N) is 6. The highest BCUT2D eigenvalue weighted by Gasteiger charge is 2.33. The van der Waals surface area contributed by atoms with E-state index in [1.165, 1.54) is 28.2 Å². The number of rotatable bonds is 8. The van der Waals surface area contributed by atoms with Gasteiger partial charge in [-0.2, -0.15) is 28.0 Å². The van der Waals surface area contributed by atoms with Crippen LogP contribution in [0.2, 0.25) is 0 Å². The molecule has 0 unspecified atom stereocenters. The number of alkyl halides is 1. The largest absolute Gasteiger partial charge is 1.00 e. The zero-order valence-corrected chi connectivity index (χ0v) is 34.1. The number of carbonyl (C=O) groups is 2. The molecule has 312 valence electrons. The van der Waals surface area contributed by atoms with E-state index >= 15 is 0 Å². The number of ether oxygens (including phenoxy) is 2. The van der Waals surface area contributed by atoms with E-state index in [4.69, 9.17) is 25.1 Å². The van der Waals surface area contributed by atoms with Crippen LogP contribution >= 0.6 is 22.7 Å². The van der Waals surface area contributed by atoms with Crippen molar-refractivity contribution in [2.45, 2.75) is 25.1 Å². The summed E-state index contributed by atoms with van der Waals surface area (Å²) in [5, 5.41) is 13.8. The summed E-state index contributed by atoms with van der Waals surface area (Å²) in [5.41, 5.74) is 12.3. The second kappa shape index (κ2) is 17.1. The lowest BCUT2D eigenvalue weighted by Gasteiger charge is -2.17. The summed E-state index contributed by atoms with van der Waals surface area (Å²) in [6.07, 6.45) is 0.00507. The highest BCUT2D eigenvalue weighted by atomic mass is 32.2. The van der Waals surface area contributed by atoms with E-state index in [2.05, 4.69) is 10.2 Å². The predicted octanol–water partition coefficient (Wildman–Crippen LogP) is 0.455. The molecule has 17 nitrogen and oxygen atoms in total. The maximum atomic E-state index is 13.5. The minimum absolute atomic E-state index is 0. The fraction of sp³-hybridized carbons (Fsp3) is 0.297. The SMILES string of the molecule is COc1ccc(-n2nc(C(=O)N3CC[C@@H]([18F])C3)c3csc(N)c3c2=O)cc1.COc1ccc(-n2nc(C(=O)N3CC[C@H](OS(C)(=O)=O)C3)c3csc(N)c3c2=O)cc1.[18F-]. The van der Waals surface area contributed by atoms with Crippen LogP contribution in [-0.2, 0) is 14.3 Å². The number of methoxy groups -OCH3 is 2. The lowest BCUT2D eigenvalue weighted by Crippen LogP contribution is -3.00. The first-order valence-corrected chi connectivity index (χ1v) is 21.2. The number of nitrogens with two attached hydrogens (primary N) is 2. The van der Waals surface area contributed by atoms with Crippen molar-refractivity contribution >= 4 is 76.2 Å². The fourth-order valence-corrected chi connectivity index (χ4v) is 8.93. The number of likely N-dealkylation sites (tertiary alicyclic amines) is 2. The summed E-state index contributed by atoms with van der Waals surface area (Å²) in [5.74, 6) is 0.411. The van der Waals surface area contributed by atoms with Crippen molar-refractivity contribution in [3.8, 4) is 22.9 Å². The van der Waals surface area contributed by atoms with Crippen molar-refractivity contribution in [1.29, 1.82) is 0 Å². The Kier molecular flexibility index (Phi) is 12.4. The van der Waals surface area contributed by atoms with Crippen molar-refractivity contribution in [2.75, 3.05) is 58.1 Å². The minimum atomic E-state index is -3.63. The Hall–Kier alpha value is -5.97. The Labute approximate surface area is 342 Å². The van der Waals surface area contributed by atoms with Crippen LogP contribution < -0.4 is 36.8 Å². The molecule has 8 rings (SSSR count). The zero-order chi connectivity index (χ0) is 41.5. The zero-order valence-electron chi connectivity index (χ0n) is 31.7. The van der Waals surface area contributed by atoms with Gasteiger partial charge in [0.25, 0.3) is 33.1 Å². The van der Waals surface area contributed by atoms with Gasteiger partial charge in [-0.3, -0.25) is 23.4 Å². The van der Waals surface area contributed by atoms with Gasteiger partial charge >= 0.3 is 0 Å².